The van der Waals surface area contributed by atoms with Crippen LogP contribution in [0.4, 0.5) is 0 Å². The van der Waals surface area contributed by atoms with Crippen LogP contribution in [0.5, 0.6) is 0 Å². The van der Waals surface area contributed by atoms with Crippen molar-refractivity contribution in [2.75, 3.05) is 6.61 Å². The van der Waals surface area contributed by atoms with Gasteiger partial charge in [0, 0.05) is 13.0 Å². The maximum absolute atomic E-state index is 11.2. The Morgan fingerprint density at radius 1 is 1.36 bits per heavy atom. The second kappa shape index (κ2) is 4.92. The molecule has 0 N–H and O–H groups in total. The van der Waals surface area contributed by atoms with Gasteiger partial charge in [0.05, 0.1) is 11.5 Å². The summed E-state index contributed by atoms with van der Waals surface area (Å²) in [5.74, 6) is 0.344. The Bertz CT molecular complexity index is 196. The van der Waals surface area contributed by atoms with Gasteiger partial charge in [-0.1, -0.05) is 40.0 Å². The molecule has 0 amide bonds. The molecule has 0 saturated heterocycles. The minimum Gasteiger partial charge on any atom is -0.377 e. The number of hydrogen-bond donors (Lipinski definition) is 0. The molecule has 0 aromatic heterocycles. The monoisotopic (exact) mass is 198 g/mol. The lowest BCUT2D eigenvalue weighted by Crippen LogP contribution is -2.51. The molecule has 0 aromatic rings. The molecule has 0 aliphatic heterocycles. The van der Waals surface area contributed by atoms with Crippen molar-refractivity contribution in [3.8, 4) is 0 Å². The summed E-state index contributed by atoms with van der Waals surface area (Å²) in [7, 11) is 0. The van der Waals surface area contributed by atoms with E-state index in [2.05, 4.69) is 6.92 Å². The molecule has 0 heterocycles. The highest BCUT2D eigenvalue weighted by Crippen LogP contribution is 2.38. The van der Waals surface area contributed by atoms with Gasteiger partial charge in [0.15, 0.2) is 0 Å². The predicted molar refractivity (Wildman–Crippen MR) is 57.3 cm³/mol. The summed E-state index contributed by atoms with van der Waals surface area (Å²) in [6, 6.07) is 0. The summed E-state index contributed by atoms with van der Waals surface area (Å²) in [5.41, 5.74) is -0.218. The summed E-state index contributed by atoms with van der Waals surface area (Å²) >= 11 is 0. The molecular formula is C12H22O2. The lowest BCUT2D eigenvalue weighted by Gasteiger charge is -2.41. The van der Waals surface area contributed by atoms with E-state index in [0.29, 0.717) is 12.2 Å². The summed E-state index contributed by atoms with van der Waals surface area (Å²) in [6.45, 7) is 6.99. The number of Topliss-reactive ketones (excluding diaryl/α,β-unsaturated/α-hetero) is 1. The van der Waals surface area contributed by atoms with Crippen LogP contribution in [0.3, 0.4) is 0 Å². The Hall–Kier alpha value is -0.370. The summed E-state index contributed by atoms with van der Waals surface area (Å²) in [5, 5.41) is 0. The van der Waals surface area contributed by atoms with E-state index >= 15 is 0 Å². The van der Waals surface area contributed by atoms with E-state index in [0.717, 1.165) is 13.0 Å². The van der Waals surface area contributed by atoms with Gasteiger partial charge in [0.2, 0.25) is 0 Å². The van der Waals surface area contributed by atoms with Gasteiger partial charge in [-0.3, -0.25) is 4.79 Å². The number of hydrogen-bond acceptors (Lipinski definition) is 2. The highest BCUT2D eigenvalue weighted by atomic mass is 16.5. The van der Waals surface area contributed by atoms with E-state index in [1.807, 2.05) is 13.8 Å². The normalized spacial score (nSPS) is 24.8. The largest absolute Gasteiger partial charge is 0.377 e. The molecule has 2 nitrogen and oxygen atoms in total. The Labute approximate surface area is 87.0 Å². The first-order valence-corrected chi connectivity index (χ1v) is 5.74. The smallest absolute Gasteiger partial charge is 0.143 e. The Morgan fingerprint density at radius 3 is 2.57 bits per heavy atom. The summed E-state index contributed by atoms with van der Waals surface area (Å²) in [4.78, 5) is 11.2. The lowest BCUT2D eigenvalue weighted by molar-refractivity contribution is -0.158. The molecule has 1 rings (SSSR count). The van der Waals surface area contributed by atoms with Crippen LogP contribution in [0.2, 0.25) is 0 Å². The van der Waals surface area contributed by atoms with Gasteiger partial charge in [-0.05, 0) is 6.42 Å². The summed E-state index contributed by atoms with van der Waals surface area (Å²) < 4.78 is 5.69. The molecule has 1 unspecified atom stereocenters. The molecule has 1 aliphatic carbocycles. The highest BCUT2D eigenvalue weighted by molar-refractivity contribution is 5.91. The number of carbonyl (C=O) groups is 1. The Morgan fingerprint density at radius 2 is 2.07 bits per heavy atom. The first-order chi connectivity index (χ1) is 6.59. The van der Waals surface area contributed by atoms with E-state index in [-0.39, 0.29) is 11.5 Å². The lowest BCUT2D eigenvalue weighted by atomic mass is 9.68. The molecule has 1 aliphatic rings. The van der Waals surface area contributed by atoms with Crippen LogP contribution in [0, 0.1) is 5.41 Å². The molecule has 1 fully saturated rings. The molecule has 14 heavy (non-hydrogen) atoms. The van der Waals surface area contributed by atoms with Crippen molar-refractivity contribution in [2.45, 2.75) is 59.0 Å². The minimum absolute atomic E-state index is 0.177. The molecule has 1 atom stereocenters. The van der Waals surface area contributed by atoms with E-state index in [9.17, 15) is 4.79 Å². The quantitative estimate of drug-likeness (QED) is 0.613. The maximum Gasteiger partial charge on any atom is 0.143 e. The predicted octanol–water partition coefficient (Wildman–Crippen LogP) is 2.95. The molecule has 0 aromatic carbocycles. The van der Waals surface area contributed by atoms with Gasteiger partial charge in [-0.2, -0.15) is 0 Å². The van der Waals surface area contributed by atoms with Gasteiger partial charge in [0.25, 0.3) is 0 Å². The van der Waals surface area contributed by atoms with E-state index in [1.54, 1.807) is 0 Å². The number of ketones is 1. The molecule has 82 valence electrons. The molecule has 0 bridgehead atoms. The van der Waals surface area contributed by atoms with Gasteiger partial charge >= 0.3 is 0 Å². The highest BCUT2D eigenvalue weighted by Gasteiger charge is 2.47. The third kappa shape index (κ3) is 2.57. The van der Waals surface area contributed by atoms with Gasteiger partial charge < -0.3 is 4.74 Å². The van der Waals surface area contributed by atoms with Crippen molar-refractivity contribution >= 4 is 5.78 Å². The van der Waals surface area contributed by atoms with Gasteiger partial charge in [-0.25, -0.2) is 0 Å². The van der Waals surface area contributed by atoms with Crippen molar-refractivity contribution in [3.63, 3.8) is 0 Å². The van der Waals surface area contributed by atoms with Crippen LogP contribution < -0.4 is 0 Å². The maximum atomic E-state index is 11.2. The fourth-order valence-electron chi connectivity index (χ4n) is 1.76. The van der Waals surface area contributed by atoms with Crippen LogP contribution in [0.1, 0.15) is 52.9 Å². The van der Waals surface area contributed by atoms with E-state index in [1.165, 1.54) is 19.3 Å². The molecule has 2 heteroatoms. The molecule has 0 spiro atoms. The first kappa shape index (κ1) is 11.7. The van der Waals surface area contributed by atoms with Crippen molar-refractivity contribution in [1.29, 1.82) is 0 Å². The van der Waals surface area contributed by atoms with Gasteiger partial charge in [-0.15, -0.1) is 0 Å². The fourth-order valence-corrected chi connectivity index (χ4v) is 1.76. The minimum atomic E-state index is -0.218. The Balaban J connectivity index is 2.06. The number of unbranched alkanes of at least 4 members (excludes halogenated alkanes) is 3. The van der Waals surface area contributed by atoms with Crippen molar-refractivity contribution in [3.05, 3.63) is 0 Å². The average Bonchev–Trinajstić information content (AvgIpc) is 2.16. The topological polar surface area (TPSA) is 26.3 Å². The number of ether oxygens (including phenoxy) is 1. The van der Waals surface area contributed by atoms with Crippen LogP contribution in [0.25, 0.3) is 0 Å². The molecule has 0 radical (unpaired) electrons. The zero-order valence-electron chi connectivity index (χ0n) is 9.64. The third-order valence-electron chi connectivity index (χ3n) is 3.21. The second-order valence-corrected chi connectivity index (χ2v) is 4.77. The van der Waals surface area contributed by atoms with Gasteiger partial charge in [0.1, 0.15) is 5.78 Å². The number of rotatable bonds is 6. The third-order valence-corrected chi connectivity index (χ3v) is 3.21. The van der Waals surface area contributed by atoms with Crippen molar-refractivity contribution in [1.82, 2.24) is 0 Å². The van der Waals surface area contributed by atoms with Crippen LogP contribution in [0.15, 0.2) is 0 Å². The Kier molecular flexibility index (Phi) is 4.11. The summed E-state index contributed by atoms with van der Waals surface area (Å²) in [6.07, 6.45) is 5.73. The zero-order valence-corrected chi connectivity index (χ0v) is 9.64. The van der Waals surface area contributed by atoms with Crippen molar-refractivity contribution in [2.24, 2.45) is 5.41 Å². The zero-order chi connectivity index (χ0) is 10.6. The standard InChI is InChI=1S/C12H22O2/c1-4-5-6-7-8-14-11-9-10(13)12(11,2)3/h11H,4-9H2,1-3H3. The molecule has 1 saturated carbocycles. The van der Waals surface area contributed by atoms with Crippen LogP contribution in [-0.2, 0) is 9.53 Å². The molecular weight excluding hydrogens is 176 g/mol. The van der Waals surface area contributed by atoms with Crippen LogP contribution >= 0.6 is 0 Å². The van der Waals surface area contributed by atoms with Crippen molar-refractivity contribution < 1.29 is 9.53 Å². The average molecular weight is 198 g/mol. The SMILES string of the molecule is CCCCCCOC1CC(=O)C1(C)C. The van der Waals surface area contributed by atoms with E-state index in [4.69, 9.17) is 4.74 Å². The van der Waals surface area contributed by atoms with Crippen LogP contribution in [-0.4, -0.2) is 18.5 Å². The second-order valence-electron chi connectivity index (χ2n) is 4.77. The van der Waals surface area contributed by atoms with E-state index < -0.39 is 0 Å². The number of carbonyl (C=O) groups excluding carboxylic acids is 1. The first-order valence-electron chi connectivity index (χ1n) is 5.74. The fraction of sp³-hybridized carbons (Fsp3) is 0.917.